The van der Waals surface area contributed by atoms with Crippen LogP contribution in [0.1, 0.15) is 15.9 Å². The van der Waals surface area contributed by atoms with E-state index in [1.807, 2.05) is 24.3 Å². The van der Waals surface area contributed by atoms with Crippen molar-refractivity contribution in [3.8, 4) is 11.5 Å². The van der Waals surface area contributed by atoms with E-state index in [1.54, 1.807) is 0 Å². The van der Waals surface area contributed by atoms with Gasteiger partial charge in [0.1, 0.15) is 17.3 Å². The molecule has 186 valence electrons. The Labute approximate surface area is 212 Å². The Kier molecular flexibility index (Phi) is 7.29. The number of halogens is 1. The van der Waals surface area contributed by atoms with E-state index in [4.69, 9.17) is 9.47 Å². The molecule has 13 heteroatoms. The lowest BCUT2D eigenvalue weighted by atomic mass is 10.1. The number of carbonyl (C=O) groups is 1. The summed E-state index contributed by atoms with van der Waals surface area (Å²) < 4.78 is 14.2. The molecular weight excluding hydrogens is 536 g/mol. The van der Waals surface area contributed by atoms with Gasteiger partial charge in [0.05, 0.1) is 44.5 Å². The molecule has 1 N–H and O–H groups in total. The van der Waals surface area contributed by atoms with Gasteiger partial charge in [-0.1, -0.05) is 28.1 Å². The van der Waals surface area contributed by atoms with Crippen LogP contribution < -0.4 is 20.3 Å². The fourth-order valence-corrected chi connectivity index (χ4v) is 3.90. The molecule has 0 aliphatic heterocycles. The fraction of sp³-hybridized carbons (Fsp3) is 0.217. The average Bonchev–Trinajstić information content (AvgIpc) is 3.29. The molecule has 0 saturated carbocycles. The van der Waals surface area contributed by atoms with Crippen molar-refractivity contribution in [3.63, 3.8) is 0 Å². The minimum Gasteiger partial charge on any atom is -0.493 e. The number of hydrogen-bond acceptors (Lipinski definition) is 8. The zero-order valence-electron chi connectivity index (χ0n) is 19.3. The molecule has 0 atom stereocenters. The molecule has 36 heavy (non-hydrogen) atoms. The summed E-state index contributed by atoms with van der Waals surface area (Å²) >= 11 is 3.39. The smallest absolute Gasteiger partial charge is 0.286 e. The van der Waals surface area contributed by atoms with Crippen LogP contribution in [0.25, 0.3) is 11.0 Å². The third-order valence-corrected chi connectivity index (χ3v) is 5.97. The molecule has 0 bridgehead atoms. The van der Waals surface area contributed by atoms with E-state index in [0.29, 0.717) is 17.6 Å². The quantitative estimate of drug-likeness (QED) is 0.245. The Morgan fingerprint density at radius 2 is 1.86 bits per heavy atom. The van der Waals surface area contributed by atoms with Crippen LogP contribution in [0.5, 0.6) is 11.5 Å². The maximum absolute atomic E-state index is 12.9. The molecule has 0 radical (unpaired) electrons. The lowest BCUT2D eigenvalue weighted by molar-refractivity contribution is -0.385. The number of aromatic nitrogens is 4. The third kappa shape index (κ3) is 5.05. The highest BCUT2D eigenvalue weighted by Gasteiger charge is 2.24. The van der Waals surface area contributed by atoms with Crippen molar-refractivity contribution in [2.24, 2.45) is 0 Å². The normalized spacial score (nSPS) is 10.9. The van der Waals surface area contributed by atoms with E-state index in [0.717, 1.165) is 16.1 Å². The third-order valence-electron chi connectivity index (χ3n) is 5.44. The number of nitro benzene ring substituents is 1. The summed E-state index contributed by atoms with van der Waals surface area (Å²) in [6.07, 6.45) is 2.89. The second kappa shape index (κ2) is 10.6. The number of hydrogen-bond donors (Lipinski definition) is 1. The standard InChI is InChI=1S/C23H21BrN6O6/c1-35-19-9-16(18(30(33)34)10-20(19)36-2)22(31)25-7-8-29-21-17(11-27-29)23(32)28(13-26-21)12-14-3-5-15(24)6-4-14/h3-6,9-11,13H,7-8,12H2,1-2H3,(H,25,31). The zero-order chi connectivity index (χ0) is 25.8. The van der Waals surface area contributed by atoms with Gasteiger partial charge >= 0.3 is 0 Å². The van der Waals surface area contributed by atoms with Crippen LogP contribution in [0.15, 0.2) is 58.2 Å². The van der Waals surface area contributed by atoms with E-state index in [-0.39, 0.29) is 35.7 Å². The number of nitro groups is 1. The van der Waals surface area contributed by atoms with E-state index in [9.17, 15) is 19.7 Å². The zero-order valence-corrected chi connectivity index (χ0v) is 20.9. The van der Waals surface area contributed by atoms with Gasteiger partial charge in [-0.15, -0.1) is 0 Å². The van der Waals surface area contributed by atoms with Gasteiger partial charge in [0, 0.05) is 17.1 Å². The molecule has 1 amide bonds. The number of carbonyl (C=O) groups excluding carboxylic acids is 1. The van der Waals surface area contributed by atoms with Gasteiger partial charge in [0.2, 0.25) is 0 Å². The number of nitrogens with one attached hydrogen (secondary N) is 1. The maximum Gasteiger partial charge on any atom is 0.286 e. The molecule has 4 aromatic rings. The Morgan fingerprint density at radius 1 is 1.17 bits per heavy atom. The number of benzene rings is 2. The Balaban J connectivity index is 1.48. The molecular formula is C23H21BrN6O6. The molecule has 2 aromatic carbocycles. The van der Waals surface area contributed by atoms with Crippen LogP contribution in [0.2, 0.25) is 0 Å². The number of ether oxygens (including phenoxy) is 2. The van der Waals surface area contributed by atoms with Gasteiger partial charge in [-0.25, -0.2) is 9.67 Å². The molecule has 0 aliphatic carbocycles. The van der Waals surface area contributed by atoms with Crippen LogP contribution >= 0.6 is 15.9 Å². The Hall–Kier alpha value is -4.26. The van der Waals surface area contributed by atoms with Crippen LogP contribution in [-0.2, 0) is 13.1 Å². The predicted molar refractivity (Wildman–Crippen MR) is 134 cm³/mol. The molecule has 0 saturated heterocycles. The monoisotopic (exact) mass is 556 g/mol. The van der Waals surface area contributed by atoms with Crippen LogP contribution in [-0.4, -0.2) is 50.9 Å². The van der Waals surface area contributed by atoms with Crippen molar-refractivity contribution in [2.45, 2.75) is 13.1 Å². The molecule has 0 spiro atoms. The molecule has 12 nitrogen and oxygen atoms in total. The molecule has 0 fully saturated rings. The second-order valence-corrected chi connectivity index (χ2v) is 8.56. The van der Waals surface area contributed by atoms with Crippen LogP contribution in [0.4, 0.5) is 5.69 Å². The van der Waals surface area contributed by atoms with Crippen molar-refractivity contribution in [1.82, 2.24) is 24.6 Å². The Bertz CT molecular complexity index is 1500. The highest BCUT2D eigenvalue weighted by atomic mass is 79.9. The summed E-state index contributed by atoms with van der Waals surface area (Å²) in [5.41, 5.74) is 0.498. The Morgan fingerprint density at radius 3 is 2.53 bits per heavy atom. The number of nitrogens with zero attached hydrogens (tertiary/aromatic N) is 5. The van der Waals surface area contributed by atoms with Gasteiger partial charge in [-0.05, 0) is 17.7 Å². The number of methoxy groups -OCH3 is 2. The van der Waals surface area contributed by atoms with E-state index in [2.05, 4.69) is 31.3 Å². The molecule has 2 heterocycles. The predicted octanol–water partition coefficient (Wildman–Crippen LogP) is 2.76. The van der Waals surface area contributed by atoms with Gasteiger partial charge < -0.3 is 14.8 Å². The van der Waals surface area contributed by atoms with Crippen molar-refractivity contribution in [1.29, 1.82) is 0 Å². The topological polar surface area (TPSA) is 143 Å². The van der Waals surface area contributed by atoms with Crippen molar-refractivity contribution < 1.29 is 19.2 Å². The van der Waals surface area contributed by atoms with Crippen molar-refractivity contribution in [3.05, 3.63) is 85.0 Å². The van der Waals surface area contributed by atoms with Gasteiger partial charge in [0.25, 0.3) is 17.2 Å². The maximum atomic E-state index is 12.9. The average molecular weight is 557 g/mol. The summed E-state index contributed by atoms with van der Waals surface area (Å²) in [7, 11) is 2.72. The van der Waals surface area contributed by atoms with Crippen LogP contribution in [0, 0.1) is 10.1 Å². The first-order valence-corrected chi connectivity index (χ1v) is 11.5. The first kappa shape index (κ1) is 24.9. The van der Waals surface area contributed by atoms with E-state index >= 15 is 0 Å². The van der Waals surface area contributed by atoms with E-state index < -0.39 is 16.5 Å². The molecule has 4 rings (SSSR count). The largest absolute Gasteiger partial charge is 0.493 e. The van der Waals surface area contributed by atoms with Crippen molar-refractivity contribution >= 4 is 38.6 Å². The summed E-state index contributed by atoms with van der Waals surface area (Å²) in [5, 5.41) is 18.7. The summed E-state index contributed by atoms with van der Waals surface area (Å²) in [5.74, 6) is -0.334. The fourth-order valence-electron chi connectivity index (χ4n) is 3.63. The van der Waals surface area contributed by atoms with Gasteiger partial charge in [-0.3, -0.25) is 24.3 Å². The number of rotatable bonds is 9. The van der Waals surface area contributed by atoms with Crippen molar-refractivity contribution in [2.75, 3.05) is 20.8 Å². The van der Waals surface area contributed by atoms with Crippen LogP contribution in [0.3, 0.4) is 0 Å². The first-order chi connectivity index (χ1) is 17.3. The lowest BCUT2D eigenvalue weighted by Crippen LogP contribution is -2.28. The highest BCUT2D eigenvalue weighted by Crippen LogP contribution is 2.34. The molecule has 0 aliphatic rings. The summed E-state index contributed by atoms with van der Waals surface area (Å²) in [4.78, 5) is 40.8. The summed E-state index contributed by atoms with van der Waals surface area (Å²) in [6.45, 7) is 0.644. The molecule has 2 aromatic heterocycles. The lowest BCUT2D eigenvalue weighted by Gasteiger charge is -2.11. The van der Waals surface area contributed by atoms with E-state index in [1.165, 1.54) is 42.1 Å². The summed E-state index contributed by atoms with van der Waals surface area (Å²) in [6, 6.07) is 10.0. The minimum atomic E-state index is -0.666. The highest BCUT2D eigenvalue weighted by molar-refractivity contribution is 9.10. The second-order valence-electron chi connectivity index (χ2n) is 7.65. The minimum absolute atomic E-state index is 0.0881. The molecule has 0 unspecified atom stereocenters. The first-order valence-electron chi connectivity index (χ1n) is 10.7. The van der Waals surface area contributed by atoms with Gasteiger partial charge in [0.15, 0.2) is 17.1 Å². The SMILES string of the molecule is COc1cc(C(=O)NCCn2ncc3c(=O)n(Cc4ccc(Br)cc4)cnc32)c([N+](=O)[O-])cc1OC. The number of amides is 1. The van der Waals surface area contributed by atoms with Gasteiger partial charge in [-0.2, -0.15) is 5.10 Å². The number of fused-ring (bicyclic) bond motifs is 1.